The lowest BCUT2D eigenvalue weighted by atomic mass is 10.0. The van der Waals surface area contributed by atoms with Crippen molar-refractivity contribution >= 4 is 33.5 Å². The summed E-state index contributed by atoms with van der Waals surface area (Å²) in [7, 11) is -4.11. The van der Waals surface area contributed by atoms with Gasteiger partial charge < -0.3 is 20.3 Å². The van der Waals surface area contributed by atoms with E-state index in [0.29, 0.717) is 24.7 Å². The van der Waals surface area contributed by atoms with Gasteiger partial charge in [0.15, 0.2) is 0 Å². The Balaban J connectivity index is 1.42. The fraction of sp³-hybridized carbons (Fsp3) is 0.379. The summed E-state index contributed by atoms with van der Waals surface area (Å²) in [4.78, 5) is 36.3. The summed E-state index contributed by atoms with van der Waals surface area (Å²) >= 11 is 0. The number of hydrogen-bond acceptors (Lipinski definition) is 9. The van der Waals surface area contributed by atoms with Crippen LogP contribution in [0.2, 0.25) is 0 Å². The summed E-state index contributed by atoms with van der Waals surface area (Å²) in [6.45, 7) is 5.77. The zero-order chi connectivity index (χ0) is 30.3. The van der Waals surface area contributed by atoms with Crippen LogP contribution in [0.1, 0.15) is 44.0 Å². The van der Waals surface area contributed by atoms with E-state index < -0.39 is 45.9 Å². The first-order valence-corrected chi connectivity index (χ1v) is 15.1. The number of anilines is 2. The molecule has 1 fully saturated rings. The number of benzene rings is 2. The van der Waals surface area contributed by atoms with Crippen molar-refractivity contribution in [3.63, 3.8) is 0 Å². The Morgan fingerprint density at radius 1 is 1.05 bits per heavy atom. The third-order valence-corrected chi connectivity index (χ3v) is 7.90. The van der Waals surface area contributed by atoms with Crippen LogP contribution in [0, 0.1) is 5.82 Å². The second-order valence-electron chi connectivity index (χ2n) is 10.9. The molecule has 1 amide bonds. The van der Waals surface area contributed by atoms with E-state index in [4.69, 9.17) is 4.74 Å². The normalized spacial score (nSPS) is 15.1. The highest BCUT2D eigenvalue weighted by Gasteiger charge is 2.30. The predicted octanol–water partition coefficient (Wildman–Crippen LogP) is 3.12. The van der Waals surface area contributed by atoms with Gasteiger partial charge >= 0.3 is 5.97 Å². The Morgan fingerprint density at radius 2 is 1.71 bits per heavy atom. The van der Waals surface area contributed by atoms with E-state index >= 15 is 0 Å². The van der Waals surface area contributed by atoms with Gasteiger partial charge in [-0.3, -0.25) is 9.59 Å². The molecule has 13 heteroatoms. The van der Waals surface area contributed by atoms with E-state index in [1.54, 1.807) is 63.5 Å². The van der Waals surface area contributed by atoms with Crippen molar-refractivity contribution in [2.45, 2.75) is 56.2 Å². The number of aromatic nitrogens is 2. The van der Waals surface area contributed by atoms with Crippen LogP contribution in [-0.2, 0) is 19.6 Å². The monoisotopic (exact) mass is 598 g/mol. The summed E-state index contributed by atoms with van der Waals surface area (Å²) < 4.78 is 48.2. The molecule has 2 heterocycles. The molecular weight excluding hydrogens is 563 g/mol. The molecule has 0 aliphatic carbocycles. The van der Waals surface area contributed by atoms with Gasteiger partial charge in [-0.15, -0.1) is 0 Å². The number of piperidine rings is 1. The molecule has 0 unspecified atom stereocenters. The SMILES string of the molecule is CC(C)(C)OC(=O)[C@H](CNC(=O)c1cc(F)cc(N2CCC(Nc3ncccn3)CC2)c1)NS(=O)(=O)c1ccccc1. The number of nitrogens with zero attached hydrogens (tertiary/aromatic N) is 3. The van der Waals surface area contributed by atoms with Gasteiger partial charge in [0, 0.05) is 49.3 Å². The van der Waals surface area contributed by atoms with Crippen LogP contribution in [0.4, 0.5) is 16.0 Å². The van der Waals surface area contributed by atoms with Gasteiger partial charge in [-0.2, -0.15) is 4.72 Å². The smallest absolute Gasteiger partial charge is 0.326 e. The Labute approximate surface area is 244 Å². The van der Waals surface area contributed by atoms with Crippen molar-refractivity contribution in [1.82, 2.24) is 20.0 Å². The minimum Gasteiger partial charge on any atom is -0.459 e. The number of rotatable bonds is 10. The summed E-state index contributed by atoms with van der Waals surface area (Å²) in [5, 5.41) is 5.85. The van der Waals surface area contributed by atoms with Crippen LogP contribution < -0.4 is 20.3 Å². The topological polar surface area (TPSA) is 143 Å². The van der Waals surface area contributed by atoms with E-state index in [9.17, 15) is 22.4 Å². The highest BCUT2D eigenvalue weighted by Crippen LogP contribution is 2.24. The van der Waals surface area contributed by atoms with Gasteiger partial charge in [0.25, 0.3) is 5.91 Å². The molecule has 3 aromatic rings. The lowest BCUT2D eigenvalue weighted by Crippen LogP contribution is -2.50. The number of amides is 1. The maximum atomic E-state index is 14.6. The standard InChI is InChI=1S/C29H35FN6O5S/c1-29(2,3)41-27(38)25(35-42(39,40)24-8-5-4-6-9-24)19-33-26(37)20-16-21(30)18-23(17-20)36-14-10-22(11-15-36)34-28-31-12-7-13-32-28/h4-9,12-13,16-18,22,25,35H,10-11,14-15,19H2,1-3H3,(H,33,37)(H,31,32,34)/t25-/m0/s1. The van der Waals surface area contributed by atoms with E-state index in [1.807, 2.05) is 4.90 Å². The second-order valence-corrected chi connectivity index (χ2v) is 12.6. The number of nitrogens with one attached hydrogen (secondary N) is 3. The molecule has 1 aliphatic rings. The second kappa shape index (κ2) is 13.3. The maximum absolute atomic E-state index is 14.6. The van der Waals surface area contributed by atoms with Crippen molar-refractivity contribution < 1.29 is 27.1 Å². The maximum Gasteiger partial charge on any atom is 0.326 e. The molecule has 2 aromatic carbocycles. The minimum absolute atomic E-state index is 0.0387. The molecular formula is C29H35FN6O5S. The molecule has 1 aliphatic heterocycles. The first kappa shape index (κ1) is 30.8. The third-order valence-electron chi connectivity index (χ3n) is 6.41. The van der Waals surface area contributed by atoms with Gasteiger partial charge in [-0.05, 0) is 70.0 Å². The summed E-state index contributed by atoms with van der Waals surface area (Å²) in [6.07, 6.45) is 4.85. The van der Waals surface area contributed by atoms with Crippen LogP contribution in [0.25, 0.3) is 0 Å². The third kappa shape index (κ3) is 8.70. The Morgan fingerprint density at radius 3 is 2.36 bits per heavy atom. The number of ether oxygens (including phenoxy) is 1. The highest BCUT2D eigenvalue weighted by atomic mass is 32.2. The van der Waals surface area contributed by atoms with E-state index in [2.05, 4.69) is 25.3 Å². The lowest BCUT2D eigenvalue weighted by molar-refractivity contribution is -0.156. The summed E-state index contributed by atoms with van der Waals surface area (Å²) in [5.41, 5.74) is -0.314. The number of hydrogen-bond donors (Lipinski definition) is 3. The molecule has 3 N–H and O–H groups in total. The number of carbonyl (C=O) groups is 2. The molecule has 1 atom stereocenters. The molecule has 0 spiro atoms. The van der Waals surface area contributed by atoms with Crippen LogP contribution >= 0.6 is 0 Å². The highest BCUT2D eigenvalue weighted by molar-refractivity contribution is 7.89. The molecule has 0 bridgehead atoms. The van der Waals surface area contributed by atoms with Crippen LogP contribution in [0.15, 0.2) is 71.9 Å². The number of sulfonamides is 1. The van der Waals surface area contributed by atoms with Crippen molar-refractivity contribution in [1.29, 1.82) is 0 Å². The summed E-state index contributed by atoms with van der Waals surface area (Å²) in [5.74, 6) is -1.57. The molecule has 0 radical (unpaired) electrons. The lowest BCUT2D eigenvalue weighted by Gasteiger charge is -2.34. The summed E-state index contributed by atoms with van der Waals surface area (Å²) in [6, 6.07) is 12.0. The van der Waals surface area contributed by atoms with E-state index in [0.717, 1.165) is 18.9 Å². The predicted molar refractivity (Wildman–Crippen MR) is 156 cm³/mol. The fourth-order valence-electron chi connectivity index (χ4n) is 4.42. The van der Waals surface area contributed by atoms with Gasteiger partial charge in [-0.1, -0.05) is 18.2 Å². The first-order chi connectivity index (χ1) is 19.9. The van der Waals surface area contributed by atoms with Crippen molar-refractivity contribution in [2.24, 2.45) is 0 Å². The Kier molecular flexibility index (Phi) is 9.74. The van der Waals surface area contributed by atoms with Crippen molar-refractivity contribution in [3.05, 3.63) is 78.4 Å². The minimum atomic E-state index is -4.11. The van der Waals surface area contributed by atoms with Crippen LogP contribution in [-0.4, -0.2) is 67.6 Å². The van der Waals surface area contributed by atoms with Crippen molar-refractivity contribution in [2.75, 3.05) is 29.9 Å². The average Bonchev–Trinajstić information content (AvgIpc) is 2.95. The zero-order valence-electron chi connectivity index (χ0n) is 23.7. The van der Waals surface area contributed by atoms with Gasteiger partial charge in [-0.25, -0.2) is 22.8 Å². The van der Waals surface area contributed by atoms with Crippen LogP contribution in [0.5, 0.6) is 0 Å². The number of carbonyl (C=O) groups excluding carboxylic acids is 2. The molecule has 0 saturated carbocycles. The number of halogens is 1. The van der Waals surface area contributed by atoms with E-state index in [1.165, 1.54) is 18.2 Å². The molecule has 1 aromatic heterocycles. The molecule has 4 rings (SSSR count). The Bertz CT molecular complexity index is 1480. The zero-order valence-corrected chi connectivity index (χ0v) is 24.5. The largest absolute Gasteiger partial charge is 0.459 e. The quantitative estimate of drug-likeness (QED) is 0.300. The van der Waals surface area contributed by atoms with Crippen LogP contribution in [0.3, 0.4) is 0 Å². The molecule has 224 valence electrons. The first-order valence-electron chi connectivity index (χ1n) is 13.6. The molecule has 11 nitrogen and oxygen atoms in total. The van der Waals surface area contributed by atoms with Gasteiger partial charge in [0.05, 0.1) is 4.90 Å². The van der Waals surface area contributed by atoms with Gasteiger partial charge in [0.2, 0.25) is 16.0 Å². The average molecular weight is 599 g/mol. The van der Waals surface area contributed by atoms with Crippen molar-refractivity contribution in [3.8, 4) is 0 Å². The van der Waals surface area contributed by atoms with E-state index in [-0.39, 0.29) is 16.5 Å². The van der Waals surface area contributed by atoms with Gasteiger partial charge in [0.1, 0.15) is 17.5 Å². The fourth-order valence-corrected chi connectivity index (χ4v) is 5.63. The molecule has 42 heavy (non-hydrogen) atoms. The number of esters is 1. The Hall–Kier alpha value is -4.10. The molecule has 1 saturated heterocycles.